The van der Waals surface area contributed by atoms with Crippen LogP contribution in [0.25, 0.3) is 0 Å². The smallest absolute Gasteiger partial charge is 0.227 e. The second-order valence-electron chi connectivity index (χ2n) is 5.77. The van der Waals surface area contributed by atoms with Gasteiger partial charge in [-0.2, -0.15) is 0 Å². The van der Waals surface area contributed by atoms with Crippen LogP contribution in [0, 0.1) is 5.92 Å². The highest BCUT2D eigenvalue weighted by Gasteiger charge is 2.35. The van der Waals surface area contributed by atoms with Crippen molar-refractivity contribution in [2.45, 2.75) is 13.0 Å². The average Bonchev–Trinajstić information content (AvgIpc) is 3.02. The van der Waals surface area contributed by atoms with Crippen LogP contribution in [-0.4, -0.2) is 30.5 Å². The molecule has 0 saturated carbocycles. The van der Waals surface area contributed by atoms with Gasteiger partial charge in [-0.15, -0.1) is 0 Å². The Morgan fingerprint density at radius 1 is 1.40 bits per heavy atom. The number of hydrogen-bond donors (Lipinski definition) is 1. The highest BCUT2D eigenvalue weighted by molar-refractivity contribution is 6.30. The van der Waals surface area contributed by atoms with Crippen LogP contribution in [0.3, 0.4) is 0 Å². The summed E-state index contributed by atoms with van der Waals surface area (Å²) in [7, 11) is 1.53. The van der Waals surface area contributed by atoms with Crippen LogP contribution in [0.15, 0.2) is 42.6 Å². The van der Waals surface area contributed by atoms with Crippen molar-refractivity contribution in [2.24, 2.45) is 5.92 Å². The molecule has 2 aromatic rings. The fraction of sp³-hybridized carbons (Fsp3) is 0.278. The number of pyridine rings is 1. The number of rotatable bonds is 5. The summed E-state index contributed by atoms with van der Waals surface area (Å²) in [5, 5.41) is 3.41. The van der Waals surface area contributed by atoms with Crippen LogP contribution in [0.2, 0.25) is 5.02 Å². The van der Waals surface area contributed by atoms with Gasteiger partial charge in [-0.3, -0.25) is 9.59 Å². The van der Waals surface area contributed by atoms with Crippen molar-refractivity contribution in [1.82, 2.24) is 10.3 Å². The van der Waals surface area contributed by atoms with E-state index in [-0.39, 0.29) is 18.2 Å². The van der Waals surface area contributed by atoms with Crippen molar-refractivity contribution >= 4 is 29.1 Å². The average molecular weight is 360 g/mol. The summed E-state index contributed by atoms with van der Waals surface area (Å²) < 4.78 is 5.17. The first-order chi connectivity index (χ1) is 12.1. The van der Waals surface area contributed by atoms with Crippen LogP contribution < -0.4 is 15.0 Å². The molecule has 6 nitrogen and oxygen atoms in total. The van der Waals surface area contributed by atoms with E-state index in [9.17, 15) is 9.59 Å². The SMILES string of the molecule is COc1ncccc1CNC(=O)[C@H]1CC(=O)N(c2cccc(Cl)c2)C1. The number of benzene rings is 1. The number of carbonyl (C=O) groups excluding carboxylic acids is 2. The molecule has 0 unspecified atom stereocenters. The minimum atomic E-state index is -0.394. The maximum absolute atomic E-state index is 12.4. The molecule has 1 saturated heterocycles. The second-order valence-corrected chi connectivity index (χ2v) is 6.21. The van der Waals surface area contributed by atoms with E-state index in [1.165, 1.54) is 7.11 Å². The summed E-state index contributed by atoms with van der Waals surface area (Å²) in [5.74, 6) is -0.162. The quantitative estimate of drug-likeness (QED) is 0.889. The Morgan fingerprint density at radius 2 is 2.24 bits per heavy atom. The molecule has 130 valence electrons. The molecule has 2 heterocycles. The van der Waals surface area contributed by atoms with Crippen LogP contribution in [-0.2, 0) is 16.1 Å². The van der Waals surface area contributed by atoms with Gasteiger partial charge in [0.05, 0.1) is 13.0 Å². The zero-order valence-corrected chi connectivity index (χ0v) is 14.5. The van der Waals surface area contributed by atoms with E-state index in [1.54, 1.807) is 35.4 Å². The molecule has 0 radical (unpaired) electrons. The molecule has 1 aliphatic heterocycles. The maximum Gasteiger partial charge on any atom is 0.227 e. The number of ether oxygens (including phenoxy) is 1. The number of methoxy groups -OCH3 is 1. The van der Waals surface area contributed by atoms with Crippen LogP contribution in [0.1, 0.15) is 12.0 Å². The Labute approximate surface area is 150 Å². The van der Waals surface area contributed by atoms with E-state index in [0.717, 1.165) is 5.56 Å². The third kappa shape index (κ3) is 3.91. The number of nitrogens with zero attached hydrogens (tertiary/aromatic N) is 2. The molecule has 1 atom stereocenters. The van der Waals surface area contributed by atoms with E-state index in [0.29, 0.717) is 29.7 Å². The first kappa shape index (κ1) is 17.2. The molecule has 3 rings (SSSR count). The first-order valence-electron chi connectivity index (χ1n) is 7.90. The Morgan fingerprint density at radius 3 is 3.00 bits per heavy atom. The third-order valence-electron chi connectivity index (χ3n) is 4.11. The lowest BCUT2D eigenvalue weighted by Crippen LogP contribution is -2.32. The Bertz CT molecular complexity index is 797. The van der Waals surface area contributed by atoms with Gasteiger partial charge in [0.15, 0.2) is 0 Å². The minimum absolute atomic E-state index is 0.0821. The fourth-order valence-electron chi connectivity index (χ4n) is 2.85. The third-order valence-corrected chi connectivity index (χ3v) is 4.35. The monoisotopic (exact) mass is 359 g/mol. The molecule has 1 fully saturated rings. The maximum atomic E-state index is 12.4. The number of halogens is 1. The van der Waals surface area contributed by atoms with Crippen LogP contribution in [0.5, 0.6) is 5.88 Å². The summed E-state index contributed by atoms with van der Waals surface area (Å²) in [5.41, 5.74) is 1.50. The lowest BCUT2D eigenvalue weighted by molar-refractivity contribution is -0.126. The van der Waals surface area contributed by atoms with Gasteiger partial charge in [0.1, 0.15) is 0 Å². The highest BCUT2D eigenvalue weighted by atomic mass is 35.5. The summed E-state index contributed by atoms with van der Waals surface area (Å²) in [6.45, 7) is 0.646. The van der Waals surface area contributed by atoms with Crippen molar-refractivity contribution in [2.75, 3.05) is 18.6 Å². The van der Waals surface area contributed by atoms with Crippen LogP contribution >= 0.6 is 11.6 Å². The van der Waals surface area contributed by atoms with Gasteiger partial charge in [0, 0.05) is 42.0 Å². The van der Waals surface area contributed by atoms with E-state index in [4.69, 9.17) is 16.3 Å². The topological polar surface area (TPSA) is 71.5 Å². The molecular formula is C18H18ClN3O3. The fourth-order valence-corrected chi connectivity index (χ4v) is 3.03. The summed E-state index contributed by atoms with van der Waals surface area (Å²) in [4.78, 5) is 30.4. The predicted molar refractivity (Wildman–Crippen MR) is 94.5 cm³/mol. The molecule has 25 heavy (non-hydrogen) atoms. The number of nitrogens with one attached hydrogen (secondary N) is 1. The van der Waals surface area contributed by atoms with E-state index < -0.39 is 5.92 Å². The Balaban J connectivity index is 1.63. The minimum Gasteiger partial charge on any atom is -0.481 e. The summed E-state index contributed by atoms with van der Waals surface area (Å²) in [6, 6.07) is 10.7. The van der Waals surface area contributed by atoms with Crippen LogP contribution in [0.4, 0.5) is 5.69 Å². The molecular weight excluding hydrogens is 342 g/mol. The second kappa shape index (κ2) is 7.53. The van der Waals surface area contributed by atoms with Gasteiger partial charge in [-0.25, -0.2) is 4.98 Å². The number of carbonyl (C=O) groups is 2. The van der Waals surface area contributed by atoms with Crippen molar-refractivity contribution in [1.29, 1.82) is 0 Å². The number of hydrogen-bond acceptors (Lipinski definition) is 4. The molecule has 2 amide bonds. The Hall–Kier alpha value is -2.60. The van der Waals surface area contributed by atoms with Gasteiger partial charge >= 0.3 is 0 Å². The van der Waals surface area contributed by atoms with Gasteiger partial charge < -0.3 is 15.0 Å². The van der Waals surface area contributed by atoms with Gasteiger partial charge in [-0.05, 0) is 24.3 Å². The largest absolute Gasteiger partial charge is 0.481 e. The predicted octanol–water partition coefficient (Wildman–Crippen LogP) is 2.41. The molecule has 1 N–H and O–H groups in total. The van der Waals surface area contributed by atoms with E-state index >= 15 is 0 Å². The molecule has 0 spiro atoms. The zero-order chi connectivity index (χ0) is 17.8. The van der Waals surface area contributed by atoms with Crippen molar-refractivity contribution < 1.29 is 14.3 Å². The molecule has 0 aliphatic carbocycles. The Kier molecular flexibility index (Phi) is 5.19. The number of anilines is 1. The van der Waals surface area contributed by atoms with Gasteiger partial charge in [-0.1, -0.05) is 23.7 Å². The lowest BCUT2D eigenvalue weighted by Gasteiger charge is -2.17. The van der Waals surface area contributed by atoms with Crippen molar-refractivity contribution in [3.8, 4) is 5.88 Å². The molecule has 1 aromatic heterocycles. The number of aromatic nitrogens is 1. The van der Waals surface area contributed by atoms with Gasteiger partial charge in [0.2, 0.25) is 17.7 Å². The van der Waals surface area contributed by atoms with Crippen molar-refractivity contribution in [3.05, 3.63) is 53.2 Å². The molecule has 1 aliphatic rings. The van der Waals surface area contributed by atoms with Crippen molar-refractivity contribution in [3.63, 3.8) is 0 Å². The molecule has 1 aromatic carbocycles. The standard InChI is InChI=1S/C18H18ClN3O3/c1-25-18-12(4-3-7-20-18)10-21-17(24)13-8-16(23)22(11-13)15-6-2-5-14(19)9-15/h2-7,9,13H,8,10-11H2,1H3,(H,21,24)/t13-/m0/s1. The molecule has 7 heteroatoms. The van der Waals surface area contributed by atoms with Gasteiger partial charge in [0.25, 0.3) is 0 Å². The first-order valence-corrected chi connectivity index (χ1v) is 8.28. The highest BCUT2D eigenvalue weighted by Crippen LogP contribution is 2.27. The summed E-state index contributed by atoms with van der Waals surface area (Å²) in [6.07, 6.45) is 1.81. The van der Waals surface area contributed by atoms with E-state index in [2.05, 4.69) is 10.3 Å². The molecule has 0 bridgehead atoms. The normalized spacial score (nSPS) is 16.8. The number of amides is 2. The zero-order valence-electron chi connectivity index (χ0n) is 13.7. The summed E-state index contributed by atoms with van der Waals surface area (Å²) >= 11 is 5.98. The van der Waals surface area contributed by atoms with E-state index in [1.807, 2.05) is 12.1 Å². The lowest BCUT2D eigenvalue weighted by atomic mass is 10.1.